The number of aryl methyl sites for hydroxylation is 1. The molecule has 8 nitrogen and oxygen atoms in total. The summed E-state index contributed by atoms with van der Waals surface area (Å²) in [4.78, 5) is 22.8. The lowest BCUT2D eigenvalue weighted by Crippen LogP contribution is -2.42. The molecule has 0 aliphatic carbocycles. The second-order valence-corrected chi connectivity index (χ2v) is 7.01. The van der Waals surface area contributed by atoms with Crippen LogP contribution < -0.4 is 10.9 Å². The van der Waals surface area contributed by atoms with Crippen molar-refractivity contribution < 1.29 is 12.5 Å². The van der Waals surface area contributed by atoms with Gasteiger partial charge in [0.2, 0.25) is 21.5 Å². The molecule has 2 aromatic rings. The average molecular weight is 340 g/mol. The molecule has 0 atom stereocenters. The molecule has 3 heterocycles. The summed E-state index contributed by atoms with van der Waals surface area (Å²) in [7, 11) is -4.30. The normalized spacial score (nSPS) is 20.0. The highest BCUT2D eigenvalue weighted by Gasteiger charge is 2.25. The third-order valence-corrected chi connectivity index (χ3v) is 4.95. The van der Waals surface area contributed by atoms with Crippen molar-refractivity contribution in [2.45, 2.75) is 25.8 Å². The number of pyridine rings is 1. The molecule has 0 amide bonds. The second kappa shape index (κ2) is 5.89. The Morgan fingerprint density at radius 2 is 2.09 bits per heavy atom. The van der Waals surface area contributed by atoms with Crippen LogP contribution in [0.4, 0.5) is 5.95 Å². The fourth-order valence-corrected chi connectivity index (χ4v) is 3.37. The van der Waals surface area contributed by atoms with Gasteiger partial charge in [0.05, 0.1) is 11.9 Å². The lowest BCUT2D eigenvalue weighted by atomic mass is 10.1. The Morgan fingerprint density at radius 3 is 2.78 bits per heavy atom. The van der Waals surface area contributed by atoms with Crippen LogP contribution >= 0.6 is 0 Å². The number of piperidine rings is 1. The first-order chi connectivity index (χ1) is 12.1. The number of nitrogens with one attached hydrogen (secondary N) is 2. The molecule has 0 aromatic carbocycles. The van der Waals surface area contributed by atoms with Crippen LogP contribution in [0.25, 0.3) is 11.0 Å². The summed E-state index contributed by atoms with van der Waals surface area (Å²) in [5, 5.41) is 3.88. The molecule has 1 aliphatic heterocycles. The molecular weight excluding hydrogens is 318 g/mol. The number of sulfonamides is 1. The fourth-order valence-electron chi connectivity index (χ4n) is 2.68. The van der Waals surface area contributed by atoms with Gasteiger partial charge < -0.3 is 10.3 Å². The maximum absolute atomic E-state index is 12.0. The highest BCUT2D eigenvalue weighted by atomic mass is 32.2. The molecule has 0 bridgehead atoms. The minimum Gasteiger partial charge on any atom is -0.351 e. The van der Waals surface area contributed by atoms with Crippen molar-refractivity contribution in [1.82, 2.24) is 19.3 Å². The summed E-state index contributed by atoms with van der Waals surface area (Å²) in [6, 6.07) is 2.98. The van der Waals surface area contributed by atoms with Crippen molar-refractivity contribution >= 4 is 27.0 Å². The Morgan fingerprint density at radius 1 is 1.35 bits per heavy atom. The summed E-state index contributed by atoms with van der Waals surface area (Å²) < 4.78 is 46.4. The summed E-state index contributed by atoms with van der Waals surface area (Å²) in [5.74, 6) is 0.342. The number of fused-ring (bicyclic) bond motifs is 1. The summed E-state index contributed by atoms with van der Waals surface area (Å²) in [5.41, 5.74) is 0.871. The lowest BCUT2D eigenvalue weighted by molar-refractivity contribution is 0.331. The predicted molar refractivity (Wildman–Crippen MR) is 88.0 cm³/mol. The molecule has 9 heteroatoms. The standard InChI is InChI=1S/C14H19N5O3S/c1-9-11-3-4-12(20)17-13(11)18-14(15-9)16-10-5-7-19(8-6-10)23(2,21)22/h3-4,10H,5-8H2,1-2H3,(H2,15,16,17,18,20)/i2D3. The molecule has 124 valence electrons. The molecule has 0 saturated carbocycles. The van der Waals surface area contributed by atoms with Crippen molar-refractivity contribution in [3.8, 4) is 0 Å². The third kappa shape index (κ3) is 3.50. The number of rotatable bonds is 3. The van der Waals surface area contributed by atoms with Crippen molar-refractivity contribution in [2.75, 3.05) is 24.6 Å². The molecule has 0 radical (unpaired) electrons. The second-order valence-electron chi connectivity index (χ2n) is 5.54. The first-order valence-corrected chi connectivity index (χ1v) is 8.66. The van der Waals surface area contributed by atoms with Gasteiger partial charge in [-0.15, -0.1) is 0 Å². The van der Waals surface area contributed by atoms with Gasteiger partial charge in [0.1, 0.15) is 5.65 Å². The maximum Gasteiger partial charge on any atom is 0.249 e. The number of nitrogens with zero attached hydrogens (tertiary/aromatic N) is 3. The van der Waals surface area contributed by atoms with Gasteiger partial charge >= 0.3 is 0 Å². The maximum atomic E-state index is 12.0. The van der Waals surface area contributed by atoms with E-state index < -0.39 is 16.2 Å². The first kappa shape index (κ1) is 12.4. The van der Waals surface area contributed by atoms with E-state index in [0.717, 1.165) is 9.69 Å². The first-order valence-electron chi connectivity index (χ1n) is 8.72. The number of hydrogen-bond donors (Lipinski definition) is 2. The van der Waals surface area contributed by atoms with Gasteiger partial charge in [0.15, 0.2) is 0 Å². The van der Waals surface area contributed by atoms with Crippen LogP contribution in [0.5, 0.6) is 0 Å². The summed E-state index contributed by atoms with van der Waals surface area (Å²) in [6.45, 7) is 2.03. The molecule has 2 aromatic heterocycles. The summed E-state index contributed by atoms with van der Waals surface area (Å²) >= 11 is 0. The molecule has 0 unspecified atom stereocenters. The molecule has 23 heavy (non-hydrogen) atoms. The zero-order valence-corrected chi connectivity index (χ0v) is 13.4. The van der Waals surface area contributed by atoms with Gasteiger partial charge in [0.25, 0.3) is 0 Å². The van der Waals surface area contributed by atoms with Gasteiger partial charge in [-0.05, 0) is 25.8 Å². The number of H-pyrrole nitrogens is 1. The lowest BCUT2D eigenvalue weighted by Gasteiger charge is -2.30. The number of anilines is 1. The van der Waals surface area contributed by atoms with Crippen LogP contribution in [-0.4, -0.2) is 53.0 Å². The van der Waals surface area contributed by atoms with Gasteiger partial charge in [-0.25, -0.2) is 17.7 Å². The SMILES string of the molecule is [2H]C([2H])([2H])S(=O)(=O)N1CCC(Nc2nc(C)c3ccc(=O)[nH]c3n2)CC1. The van der Waals surface area contributed by atoms with Crippen LogP contribution in [0.2, 0.25) is 0 Å². The van der Waals surface area contributed by atoms with E-state index in [2.05, 4.69) is 20.3 Å². The van der Waals surface area contributed by atoms with E-state index in [1.54, 1.807) is 13.0 Å². The van der Waals surface area contributed by atoms with Crippen molar-refractivity contribution in [3.05, 3.63) is 28.2 Å². The third-order valence-electron chi connectivity index (χ3n) is 3.91. The average Bonchev–Trinajstić information content (AvgIpc) is 2.54. The van der Waals surface area contributed by atoms with Crippen LogP contribution in [0.1, 0.15) is 22.6 Å². The smallest absolute Gasteiger partial charge is 0.249 e. The zero-order chi connectivity index (χ0) is 19.1. The minimum absolute atomic E-state index is 0.0923. The molecule has 3 rings (SSSR count). The Kier molecular flexibility index (Phi) is 3.18. The Hall–Kier alpha value is -2.00. The highest BCUT2D eigenvalue weighted by Crippen LogP contribution is 2.18. The largest absolute Gasteiger partial charge is 0.351 e. The molecule has 1 aliphatic rings. The quantitative estimate of drug-likeness (QED) is 0.840. The van der Waals surface area contributed by atoms with Crippen LogP contribution in [0, 0.1) is 6.92 Å². The Bertz CT molecular complexity index is 981. The topological polar surface area (TPSA) is 108 Å². The predicted octanol–water partition coefficient (Wildman–Crippen LogP) is 0.462. The molecule has 1 saturated heterocycles. The highest BCUT2D eigenvalue weighted by molar-refractivity contribution is 7.88. The monoisotopic (exact) mass is 340 g/mol. The zero-order valence-electron chi connectivity index (χ0n) is 15.5. The van der Waals surface area contributed by atoms with E-state index in [4.69, 9.17) is 4.11 Å². The fraction of sp³-hybridized carbons (Fsp3) is 0.500. The van der Waals surface area contributed by atoms with E-state index in [1.807, 2.05) is 0 Å². The molecule has 2 N–H and O–H groups in total. The van der Waals surface area contributed by atoms with Gasteiger partial charge in [0, 0.05) is 34.7 Å². The van der Waals surface area contributed by atoms with Crippen LogP contribution in [0.15, 0.2) is 16.9 Å². The minimum atomic E-state index is -4.30. The van der Waals surface area contributed by atoms with E-state index in [9.17, 15) is 13.2 Å². The Labute approximate surface area is 138 Å². The van der Waals surface area contributed by atoms with E-state index in [0.29, 0.717) is 30.1 Å². The number of hydrogen-bond acceptors (Lipinski definition) is 6. The molecular formula is C14H19N5O3S. The van der Waals surface area contributed by atoms with Crippen LogP contribution in [0.3, 0.4) is 0 Å². The van der Waals surface area contributed by atoms with E-state index in [1.165, 1.54) is 6.07 Å². The van der Waals surface area contributed by atoms with Gasteiger partial charge in [-0.3, -0.25) is 4.79 Å². The van der Waals surface area contributed by atoms with Crippen molar-refractivity contribution in [3.63, 3.8) is 0 Å². The van der Waals surface area contributed by atoms with Gasteiger partial charge in [-0.1, -0.05) is 0 Å². The van der Waals surface area contributed by atoms with Crippen molar-refractivity contribution in [2.24, 2.45) is 0 Å². The van der Waals surface area contributed by atoms with E-state index >= 15 is 0 Å². The summed E-state index contributed by atoms with van der Waals surface area (Å²) in [6.07, 6.45) is -2.18. The molecule has 0 spiro atoms. The van der Waals surface area contributed by atoms with E-state index in [-0.39, 0.29) is 24.7 Å². The van der Waals surface area contributed by atoms with Crippen molar-refractivity contribution in [1.29, 1.82) is 0 Å². The van der Waals surface area contributed by atoms with Gasteiger partial charge in [-0.2, -0.15) is 4.98 Å². The Balaban J connectivity index is 1.72. The van der Waals surface area contributed by atoms with Crippen LogP contribution in [-0.2, 0) is 10.0 Å². The number of aromatic amines is 1. The number of aromatic nitrogens is 3. The molecule has 1 fully saturated rings.